The van der Waals surface area contributed by atoms with E-state index in [1.54, 1.807) is 6.07 Å². The summed E-state index contributed by atoms with van der Waals surface area (Å²) < 4.78 is 5.92. The number of carbonyl (C=O) groups excluding carboxylic acids is 2. The predicted octanol–water partition coefficient (Wildman–Crippen LogP) is 5.16. The Morgan fingerprint density at radius 2 is 1.85 bits per heavy atom. The highest BCUT2D eigenvalue weighted by Gasteiger charge is 2.20. The molecule has 7 nitrogen and oxygen atoms in total. The average Bonchev–Trinajstić information content (AvgIpc) is 3.47. The molecule has 2 amide bonds. The Bertz CT molecular complexity index is 1160. The lowest BCUT2D eigenvalue weighted by molar-refractivity contribution is -0.117. The van der Waals surface area contributed by atoms with Crippen molar-refractivity contribution in [3.63, 3.8) is 0 Å². The number of para-hydroxylation sites is 1. The Kier molecular flexibility index (Phi) is 7.30. The number of hydrogen-bond donors (Lipinski definition) is 2. The summed E-state index contributed by atoms with van der Waals surface area (Å²) in [6.07, 6.45) is 5.23. The van der Waals surface area contributed by atoms with Gasteiger partial charge in [-0.15, -0.1) is 0 Å². The van der Waals surface area contributed by atoms with Gasteiger partial charge < -0.3 is 20.0 Å². The molecule has 178 valence electrons. The number of nitrogens with one attached hydrogen (secondary N) is 2. The number of amides is 2. The van der Waals surface area contributed by atoms with E-state index in [9.17, 15) is 9.59 Å². The molecule has 0 unspecified atom stereocenters. The van der Waals surface area contributed by atoms with Crippen molar-refractivity contribution in [1.29, 1.82) is 0 Å². The third kappa shape index (κ3) is 5.65. The van der Waals surface area contributed by atoms with E-state index < -0.39 is 0 Å². The van der Waals surface area contributed by atoms with E-state index in [0.717, 1.165) is 24.1 Å². The van der Waals surface area contributed by atoms with Crippen LogP contribution < -0.4 is 15.5 Å². The Labute approximate surface area is 200 Å². The number of carbonyl (C=O) groups is 2. The molecular formula is C27H32N4O3. The molecule has 0 saturated heterocycles. The lowest BCUT2D eigenvalue weighted by Gasteiger charge is -2.13. The molecule has 1 saturated carbocycles. The van der Waals surface area contributed by atoms with Gasteiger partial charge in [0.15, 0.2) is 0 Å². The van der Waals surface area contributed by atoms with Gasteiger partial charge in [0.05, 0.1) is 17.8 Å². The summed E-state index contributed by atoms with van der Waals surface area (Å²) in [5, 5.41) is 5.96. The van der Waals surface area contributed by atoms with Gasteiger partial charge in [-0.1, -0.05) is 31.0 Å². The first-order valence-electron chi connectivity index (χ1n) is 11.8. The number of anilines is 2. The summed E-state index contributed by atoms with van der Waals surface area (Å²) in [5.74, 6) is 1.38. The molecule has 1 heterocycles. The topological polar surface area (TPSA) is 87.5 Å². The Hall–Kier alpha value is -3.61. The van der Waals surface area contributed by atoms with Crippen LogP contribution in [0, 0.1) is 12.8 Å². The Morgan fingerprint density at radius 3 is 2.62 bits per heavy atom. The van der Waals surface area contributed by atoms with Gasteiger partial charge in [0, 0.05) is 31.8 Å². The fraction of sp³-hybridized carbons (Fsp3) is 0.370. The number of hydrogen-bond acceptors (Lipinski definition) is 5. The number of rotatable bonds is 8. The molecule has 7 heteroatoms. The maximum absolute atomic E-state index is 12.7. The van der Waals surface area contributed by atoms with Crippen LogP contribution in [0.1, 0.15) is 53.9 Å². The molecular weight excluding hydrogens is 428 g/mol. The first kappa shape index (κ1) is 23.5. The first-order valence-corrected chi connectivity index (χ1v) is 11.8. The molecule has 0 atom stereocenters. The highest BCUT2D eigenvalue weighted by Crippen LogP contribution is 2.31. The van der Waals surface area contributed by atoms with Crippen LogP contribution in [0.2, 0.25) is 0 Å². The average molecular weight is 461 g/mol. The van der Waals surface area contributed by atoms with Gasteiger partial charge in [0.2, 0.25) is 11.8 Å². The maximum Gasteiger partial charge on any atom is 0.251 e. The van der Waals surface area contributed by atoms with E-state index in [1.807, 2.05) is 68.4 Å². The lowest BCUT2D eigenvalue weighted by Crippen LogP contribution is -2.23. The van der Waals surface area contributed by atoms with Crippen LogP contribution in [0.3, 0.4) is 0 Å². The van der Waals surface area contributed by atoms with Crippen LogP contribution in [-0.2, 0) is 11.3 Å². The number of aromatic nitrogens is 1. The lowest BCUT2D eigenvalue weighted by atomic mass is 10.0. The number of benzene rings is 2. The Balaban J connectivity index is 1.44. The standard InChI is InChI=1S/C27H32N4O3/c1-18-24(17-28-26(33)20-11-8-12-21(16-20)31(2)3)30-27(34-18)22-13-6-7-14-23(22)29-25(32)15-19-9-4-5-10-19/h6-8,11-14,16,19H,4-5,9-10,15,17H2,1-3H3,(H,28,33)(H,29,32). The zero-order valence-electron chi connectivity index (χ0n) is 20.1. The van der Waals surface area contributed by atoms with E-state index >= 15 is 0 Å². The second-order valence-electron chi connectivity index (χ2n) is 9.10. The third-order valence-corrected chi connectivity index (χ3v) is 6.31. The highest BCUT2D eigenvalue weighted by molar-refractivity contribution is 5.95. The minimum absolute atomic E-state index is 0.0232. The second-order valence-corrected chi connectivity index (χ2v) is 9.10. The molecule has 34 heavy (non-hydrogen) atoms. The molecule has 1 aromatic heterocycles. The molecule has 0 radical (unpaired) electrons. The maximum atomic E-state index is 12.7. The van der Waals surface area contributed by atoms with Crippen molar-refractivity contribution >= 4 is 23.2 Å². The van der Waals surface area contributed by atoms with Gasteiger partial charge >= 0.3 is 0 Å². The van der Waals surface area contributed by atoms with Crippen LogP contribution in [0.4, 0.5) is 11.4 Å². The molecule has 1 aliphatic rings. The van der Waals surface area contributed by atoms with Crippen LogP contribution in [-0.4, -0.2) is 30.9 Å². The summed E-state index contributed by atoms with van der Waals surface area (Å²) in [6, 6.07) is 15.0. The second kappa shape index (κ2) is 10.5. The number of nitrogens with zero attached hydrogens (tertiary/aromatic N) is 2. The molecule has 4 rings (SSSR count). The van der Waals surface area contributed by atoms with Crippen LogP contribution in [0.5, 0.6) is 0 Å². The van der Waals surface area contributed by atoms with E-state index in [-0.39, 0.29) is 18.4 Å². The molecule has 2 aromatic carbocycles. The van der Waals surface area contributed by atoms with Crippen molar-refractivity contribution in [2.24, 2.45) is 5.92 Å². The monoisotopic (exact) mass is 460 g/mol. The zero-order valence-corrected chi connectivity index (χ0v) is 20.1. The van der Waals surface area contributed by atoms with E-state index in [2.05, 4.69) is 15.6 Å². The van der Waals surface area contributed by atoms with Gasteiger partial charge in [-0.05, 0) is 56.0 Å². The minimum atomic E-state index is -0.174. The van der Waals surface area contributed by atoms with Crippen molar-refractivity contribution in [3.05, 3.63) is 65.5 Å². The van der Waals surface area contributed by atoms with E-state index in [1.165, 1.54) is 12.8 Å². The molecule has 1 aliphatic carbocycles. The van der Waals surface area contributed by atoms with Crippen molar-refractivity contribution in [3.8, 4) is 11.5 Å². The number of aryl methyl sites for hydroxylation is 1. The third-order valence-electron chi connectivity index (χ3n) is 6.31. The first-order chi connectivity index (χ1) is 16.4. The van der Waals surface area contributed by atoms with Gasteiger partial charge in [0.25, 0.3) is 5.91 Å². The van der Waals surface area contributed by atoms with E-state index in [0.29, 0.717) is 40.9 Å². The Morgan fingerprint density at radius 1 is 1.09 bits per heavy atom. The van der Waals surface area contributed by atoms with Gasteiger partial charge in [-0.3, -0.25) is 9.59 Å². The van der Waals surface area contributed by atoms with Gasteiger partial charge in [0.1, 0.15) is 11.5 Å². The zero-order chi connectivity index (χ0) is 24.1. The van der Waals surface area contributed by atoms with E-state index in [4.69, 9.17) is 4.42 Å². The van der Waals surface area contributed by atoms with Gasteiger partial charge in [-0.25, -0.2) is 4.98 Å². The molecule has 0 aliphatic heterocycles. The van der Waals surface area contributed by atoms with Crippen LogP contribution in [0.15, 0.2) is 52.9 Å². The summed E-state index contributed by atoms with van der Waals surface area (Å²) in [7, 11) is 3.87. The van der Waals surface area contributed by atoms with Crippen molar-refractivity contribution < 1.29 is 14.0 Å². The summed E-state index contributed by atoms with van der Waals surface area (Å²) in [5.41, 5.74) is 3.60. The molecule has 2 N–H and O–H groups in total. The molecule has 1 fully saturated rings. The fourth-order valence-corrected chi connectivity index (χ4v) is 4.36. The fourth-order valence-electron chi connectivity index (χ4n) is 4.36. The molecule has 3 aromatic rings. The van der Waals surface area contributed by atoms with Crippen LogP contribution in [0.25, 0.3) is 11.5 Å². The van der Waals surface area contributed by atoms with Crippen LogP contribution >= 0.6 is 0 Å². The summed E-state index contributed by atoms with van der Waals surface area (Å²) >= 11 is 0. The van der Waals surface area contributed by atoms with Crippen molar-refractivity contribution in [2.45, 2.75) is 45.6 Å². The SMILES string of the molecule is Cc1oc(-c2ccccc2NC(=O)CC2CCCC2)nc1CNC(=O)c1cccc(N(C)C)c1. The minimum Gasteiger partial charge on any atom is -0.441 e. The highest BCUT2D eigenvalue weighted by atomic mass is 16.4. The molecule has 0 bridgehead atoms. The quantitative estimate of drug-likeness (QED) is 0.485. The summed E-state index contributed by atoms with van der Waals surface area (Å²) in [4.78, 5) is 31.8. The van der Waals surface area contributed by atoms with Crippen molar-refractivity contribution in [1.82, 2.24) is 10.3 Å². The normalized spacial score (nSPS) is 13.6. The summed E-state index contributed by atoms with van der Waals surface area (Å²) in [6.45, 7) is 2.07. The smallest absolute Gasteiger partial charge is 0.251 e. The largest absolute Gasteiger partial charge is 0.441 e. The van der Waals surface area contributed by atoms with Gasteiger partial charge in [-0.2, -0.15) is 0 Å². The number of oxazole rings is 1. The molecule has 0 spiro atoms. The van der Waals surface area contributed by atoms with Crippen molar-refractivity contribution in [2.75, 3.05) is 24.3 Å². The predicted molar refractivity (Wildman–Crippen MR) is 134 cm³/mol.